The van der Waals surface area contributed by atoms with Gasteiger partial charge in [0.2, 0.25) is 0 Å². The van der Waals surface area contributed by atoms with Crippen LogP contribution in [0.3, 0.4) is 0 Å². The van der Waals surface area contributed by atoms with Crippen LogP contribution in [0.5, 0.6) is 5.75 Å². The smallest absolute Gasteiger partial charge is 0.475 e. The highest BCUT2D eigenvalue weighted by Gasteiger charge is 2.38. The number of carbonyl (C=O) groups is 1. The third-order valence-electron chi connectivity index (χ3n) is 4.28. The molecule has 2 N–H and O–H groups in total. The molecule has 2 aromatic carbocycles. The van der Waals surface area contributed by atoms with E-state index in [1.54, 1.807) is 24.3 Å². The van der Waals surface area contributed by atoms with E-state index in [1.165, 1.54) is 30.0 Å². The number of halogens is 7. The summed E-state index contributed by atoms with van der Waals surface area (Å²) in [6.45, 7) is 1.80. The summed E-state index contributed by atoms with van der Waals surface area (Å²) >= 11 is 1.42. The quantitative estimate of drug-likeness (QED) is 0.523. The van der Waals surface area contributed by atoms with Crippen molar-refractivity contribution in [1.29, 1.82) is 0 Å². The average Bonchev–Trinajstić information content (AvgIpc) is 2.70. The van der Waals surface area contributed by atoms with Crippen LogP contribution in [0.4, 0.5) is 30.7 Å². The third kappa shape index (κ3) is 8.58. The van der Waals surface area contributed by atoms with Gasteiger partial charge in [-0.25, -0.2) is 9.18 Å². The van der Waals surface area contributed by atoms with Crippen LogP contribution >= 0.6 is 11.8 Å². The number of benzene rings is 2. The number of alkyl halides is 6. The standard InChI is InChI=1S/C18H17F4NOS.C2HF3O2/c19-13-1-6-17(16(11-13)12-7-9-23-10-8-12)25-15-4-2-14(3-5-15)24-18(20,21)22;3-2(4,5)1(6)7/h1-6,11-12,23H,7-10H2;(H,6,7). The van der Waals surface area contributed by atoms with Gasteiger partial charge in [-0.05, 0) is 79.9 Å². The summed E-state index contributed by atoms with van der Waals surface area (Å²) in [4.78, 5) is 10.6. The molecule has 1 aliphatic heterocycles. The van der Waals surface area contributed by atoms with E-state index in [9.17, 15) is 30.7 Å². The van der Waals surface area contributed by atoms with Crippen molar-refractivity contribution in [1.82, 2.24) is 5.32 Å². The molecule has 0 aromatic heterocycles. The molecule has 176 valence electrons. The highest BCUT2D eigenvalue weighted by atomic mass is 32.2. The van der Waals surface area contributed by atoms with E-state index >= 15 is 0 Å². The minimum Gasteiger partial charge on any atom is -0.475 e. The number of hydrogen-bond acceptors (Lipinski definition) is 4. The molecule has 12 heteroatoms. The summed E-state index contributed by atoms with van der Waals surface area (Å²) in [5.41, 5.74) is 0.960. The first kappa shape index (κ1) is 25.8. The number of ether oxygens (including phenoxy) is 1. The zero-order valence-electron chi connectivity index (χ0n) is 16.3. The molecule has 0 saturated carbocycles. The van der Waals surface area contributed by atoms with Gasteiger partial charge in [0, 0.05) is 9.79 Å². The molecule has 0 atom stereocenters. The van der Waals surface area contributed by atoms with Gasteiger partial charge in [-0.2, -0.15) is 13.2 Å². The van der Waals surface area contributed by atoms with Crippen molar-refractivity contribution in [2.45, 2.75) is 41.1 Å². The Bertz CT molecular complexity index is 896. The molecule has 4 nitrogen and oxygen atoms in total. The predicted octanol–water partition coefficient (Wildman–Crippen LogP) is 5.98. The van der Waals surface area contributed by atoms with E-state index in [4.69, 9.17) is 9.90 Å². The van der Waals surface area contributed by atoms with Crippen molar-refractivity contribution < 1.29 is 45.4 Å². The summed E-state index contributed by atoms with van der Waals surface area (Å²) in [7, 11) is 0. The SMILES string of the molecule is Fc1ccc(Sc2ccc(OC(F)(F)F)cc2)c(C2CCNCC2)c1.O=C(O)C(F)(F)F. The van der Waals surface area contributed by atoms with Crippen LogP contribution < -0.4 is 10.1 Å². The third-order valence-corrected chi connectivity index (χ3v) is 5.38. The maximum Gasteiger partial charge on any atom is 0.573 e. The Morgan fingerprint density at radius 3 is 2.06 bits per heavy atom. The van der Waals surface area contributed by atoms with Gasteiger partial charge in [-0.3, -0.25) is 0 Å². The molecule has 1 aliphatic rings. The lowest BCUT2D eigenvalue weighted by Crippen LogP contribution is -2.26. The van der Waals surface area contributed by atoms with Crippen molar-refractivity contribution in [3.63, 3.8) is 0 Å². The topological polar surface area (TPSA) is 58.6 Å². The Labute approximate surface area is 182 Å². The van der Waals surface area contributed by atoms with E-state index in [1.807, 2.05) is 0 Å². The van der Waals surface area contributed by atoms with Crippen LogP contribution in [0.25, 0.3) is 0 Å². The van der Waals surface area contributed by atoms with Gasteiger partial charge in [-0.15, -0.1) is 13.2 Å². The molecular formula is C20H18F7NO3S. The maximum atomic E-state index is 13.7. The number of rotatable bonds is 4. The second-order valence-electron chi connectivity index (χ2n) is 6.63. The average molecular weight is 485 g/mol. The number of piperidine rings is 1. The number of aliphatic carboxylic acids is 1. The first-order valence-corrected chi connectivity index (χ1v) is 10.0. The lowest BCUT2D eigenvalue weighted by atomic mass is 9.90. The second-order valence-corrected chi connectivity index (χ2v) is 7.75. The van der Waals surface area contributed by atoms with E-state index in [0.29, 0.717) is 0 Å². The summed E-state index contributed by atoms with van der Waals surface area (Å²) < 4.78 is 86.0. The zero-order chi connectivity index (χ0) is 23.9. The monoisotopic (exact) mass is 485 g/mol. The van der Waals surface area contributed by atoms with Crippen molar-refractivity contribution in [2.24, 2.45) is 0 Å². The molecular weight excluding hydrogens is 467 g/mol. The van der Waals surface area contributed by atoms with Crippen LogP contribution in [0.15, 0.2) is 52.3 Å². The zero-order valence-corrected chi connectivity index (χ0v) is 17.1. The number of carboxylic acids is 1. The van der Waals surface area contributed by atoms with Crippen molar-refractivity contribution in [3.05, 3.63) is 53.8 Å². The van der Waals surface area contributed by atoms with Crippen molar-refractivity contribution >= 4 is 17.7 Å². The Morgan fingerprint density at radius 2 is 1.56 bits per heavy atom. The Hall–Kier alpha value is -2.47. The van der Waals surface area contributed by atoms with Crippen molar-refractivity contribution in [2.75, 3.05) is 13.1 Å². The Balaban J connectivity index is 0.000000451. The number of hydrogen-bond donors (Lipinski definition) is 2. The van der Waals surface area contributed by atoms with Gasteiger partial charge in [0.15, 0.2) is 0 Å². The molecule has 0 unspecified atom stereocenters. The molecule has 1 fully saturated rings. The normalized spacial score (nSPS) is 15.0. The molecule has 1 saturated heterocycles. The van der Waals surface area contributed by atoms with Crippen LogP contribution in [0, 0.1) is 5.82 Å². The fourth-order valence-electron chi connectivity index (χ4n) is 2.90. The Kier molecular flexibility index (Phi) is 8.79. The summed E-state index contributed by atoms with van der Waals surface area (Å²) in [5.74, 6) is -3.00. The Morgan fingerprint density at radius 1 is 1.00 bits per heavy atom. The van der Waals surface area contributed by atoms with Crippen LogP contribution in [0.1, 0.15) is 24.3 Å². The van der Waals surface area contributed by atoms with Gasteiger partial charge >= 0.3 is 18.5 Å². The van der Waals surface area contributed by atoms with Crippen LogP contribution in [0.2, 0.25) is 0 Å². The minimum atomic E-state index is -5.08. The summed E-state index contributed by atoms with van der Waals surface area (Å²) in [6, 6.07) is 10.4. The molecule has 3 rings (SSSR count). The second kappa shape index (κ2) is 10.9. The van der Waals surface area contributed by atoms with Gasteiger partial charge in [0.1, 0.15) is 11.6 Å². The lowest BCUT2D eigenvalue weighted by Gasteiger charge is -2.25. The molecule has 32 heavy (non-hydrogen) atoms. The lowest BCUT2D eigenvalue weighted by molar-refractivity contribution is -0.274. The molecule has 2 aromatic rings. The molecule has 0 amide bonds. The largest absolute Gasteiger partial charge is 0.573 e. The van der Waals surface area contributed by atoms with Gasteiger partial charge < -0.3 is 15.2 Å². The predicted molar refractivity (Wildman–Crippen MR) is 102 cm³/mol. The van der Waals surface area contributed by atoms with Crippen LogP contribution in [-0.2, 0) is 4.79 Å². The van der Waals surface area contributed by atoms with Gasteiger partial charge in [-0.1, -0.05) is 11.8 Å². The minimum absolute atomic E-state index is 0.255. The highest BCUT2D eigenvalue weighted by Crippen LogP contribution is 2.38. The number of carboxylic acid groups (broad SMARTS) is 1. The molecule has 0 bridgehead atoms. The fraction of sp³-hybridized carbons (Fsp3) is 0.350. The van der Waals surface area contributed by atoms with Gasteiger partial charge in [0.05, 0.1) is 0 Å². The van der Waals surface area contributed by atoms with E-state index in [-0.39, 0.29) is 17.5 Å². The first-order valence-electron chi connectivity index (χ1n) is 9.19. The van der Waals surface area contributed by atoms with E-state index < -0.39 is 18.5 Å². The van der Waals surface area contributed by atoms with E-state index in [2.05, 4.69) is 10.1 Å². The highest BCUT2D eigenvalue weighted by molar-refractivity contribution is 7.99. The summed E-state index contributed by atoms with van der Waals surface area (Å²) in [5, 5.41) is 10.4. The summed E-state index contributed by atoms with van der Waals surface area (Å²) in [6.07, 6.45) is -7.90. The number of nitrogens with one attached hydrogen (secondary N) is 1. The molecule has 1 heterocycles. The van der Waals surface area contributed by atoms with Crippen LogP contribution in [-0.4, -0.2) is 36.7 Å². The molecule has 0 radical (unpaired) electrons. The molecule has 0 aliphatic carbocycles. The first-order chi connectivity index (χ1) is 14.8. The molecule has 0 spiro atoms. The maximum absolute atomic E-state index is 13.7. The van der Waals surface area contributed by atoms with Gasteiger partial charge in [0.25, 0.3) is 0 Å². The van der Waals surface area contributed by atoms with E-state index in [0.717, 1.165) is 41.3 Å². The van der Waals surface area contributed by atoms with Crippen molar-refractivity contribution in [3.8, 4) is 5.75 Å². The fourth-order valence-corrected chi connectivity index (χ4v) is 3.91.